The van der Waals surface area contributed by atoms with Crippen molar-refractivity contribution in [3.05, 3.63) is 26.6 Å². The molecule has 1 amide bonds. The van der Waals surface area contributed by atoms with E-state index in [0.29, 0.717) is 23.5 Å². The van der Waals surface area contributed by atoms with Gasteiger partial charge in [0.15, 0.2) is 0 Å². The highest BCUT2D eigenvalue weighted by Crippen LogP contribution is 2.26. The second-order valence-electron chi connectivity index (χ2n) is 5.57. The summed E-state index contributed by atoms with van der Waals surface area (Å²) in [5.41, 5.74) is 0.900. The number of H-pyrrole nitrogens is 1. The average Bonchev–Trinajstić information content (AvgIpc) is 2.84. The van der Waals surface area contributed by atoms with Crippen molar-refractivity contribution in [2.24, 2.45) is 0 Å². The number of thioether (sulfide) groups is 1. The van der Waals surface area contributed by atoms with Crippen LogP contribution in [0.3, 0.4) is 0 Å². The van der Waals surface area contributed by atoms with E-state index >= 15 is 0 Å². The van der Waals surface area contributed by atoms with E-state index in [9.17, 15) is 9.59 Å². The maximum Gasteiger partial charge on any atom is 0.259 e. The number of likely N-dealkylation sites (N-methyl/N-ethyl adjacent to an activating group) is 1. The molecule has 24 heavy (non-hydrogen) atoms. The van der Waals surface area contributed by atoms with Crippen molar-refractivity contribution in [2.45, 2.75) is 38.7 Å². The topological polar surface area (TPSA) is 86.9 Å². The van der Waals surface area contributed by atoms with Crippen LogP contribution in [0, 0.1) is 13.8 Å². The highest BCUT2D eigenvalue weighted by molar-refractivity contribution is 7.99. The third kappa shape index (κ3) is 4.58. The lowest BCUT2D eigenvalue weighted by Crippen LogP contribution is -2.36. The van der Waals surface area contributed by atoms with Crippen LogP contribution >= 0.6 is 23.1 Å². The van der Waals surface area contributed by atoms with Crippen molar-refractivity contribution >= 4 is 39.2 Å². The van der Waals surface area contributed by atoms with Crippen molar-refractivity contribution < 1.29 is 4.79 Å². The van der Waals surface area contributed by atoms with Crippen LogP contribution in [-0.4, -0.2) is 40.8 Å². The first-order valence-electron chi connectivity index (χ1n) is 8.03. The molecule has 1 atom stereocenters. The number of aromatic nitrogens is 2. The SMILES string of the molecule is CCNCCNC(=O)C(C)SCc1nc2sc(C)c(C)c2c(=O)[nH]1. The van der Waals surface area contributed by atoms with E-state index in [2.05, 4.69) is 20.6 Å². The van der Waals surface area contributed by atoms with Crippen LogP contribution in [0.15, 0.2) is 4.79 Å². The fourth-order valence-corrected chi connectivity index (χ4v) is 4.07. The number of aryl methyl sites for hydroxylation is 2. The smallest absolute Gasteiger partial charge is 0.259 e. The number of carbonyl (C=O) groups is 1. The van der Waals surface area contributed by atoms with Gasteiger partial charge in [0.1, 0.15) is 10.7 Å². The predicted molar refractivity (Wildman–Crippen MR) is 102 cm³/mol. The van der Waals surface area contributed by atoms with Gasteiger partial charge in [-0.15, -0.1) is 23.1 Å². The Morgan fingerprint density at radius 1 is 1.38 bits per heavy atom. The molecule has 0 saturated carbocycles. The Balaban J connectivity index is 1.95. The van der Waals surface area contributed by atoms with Gasteiger partial charge in [0.25, 0.3) is 5.56 Å². The second-order valence-corrected chi connectivity index (χ2v) is 8.11. The summed E-state index contributed by atoms with van der Waals surface area (Å²) in [6.45, 7) is 10.1. The molecule has 0 aromatic carbocycles. The molecule has 2 rings (SSSR count). The van der Waals surface area contributed by atoms with E-state index < -0.39 is 0 Å². The molecule has 8 heteroatoms. The molecule has 0 saturated heterocycles. The lowest BCUT2D eigenvalue weighted by molar-refractivity contribution is -0.120. The Kier molecular flexibility index (Phi) is 6.82. The molecular weight excluding hydrogens is 344 g/mol. The summed E-state index contributed by atoms with van der Waals surface area (Å²) in [5.74, 6) is 1.12. The Morgan fingerprint density at radius 3 is 2.83 bits per heavy atom. The maximum atomic E-state index is 12.2. The van der Waals surface area contributed by atoms with Gasteiger partial charge in [-0.1, -0.05) is 6.92 Å². The molecule has 0 radical (unpaired) electrons. The summed E-state index contributed by atoms with van der Waals surface area (Å²) in [6, 6.07) is 0. The lowest BCUT2D eigenvalue weighted by atomic mass is 10.2. The van der Waals surface area contributed by atoms with Gasteiger partial charge in [-0.2, -0.15) is 0 Å². The van der Waals surface area contributed by atoms with E-state index in [1.807, 2.05) is 27.7 Å². The lowest BCUT2D eigenvalue weighted by Gasteiger charge is -2.11. The summed E-state index contributed by atoms with van der Waals surface area (Å²) < 4.78 is 0. The Bertz CT molecular complexity index is 769. The number of nitrogens with one attached hydrogen (secondary N) is 3. The van der Waals surface area contributed by atoms with Crippen molar-refractivity contribution in [3.63, 3.8) is 0 Å². The molecule has 3 N–H and O–H groups in total. The molecule has 0 spiro atoms. The molecule has 0 aliphatic rings. The number of thiophene rings is 1. The zero-order chi connectivity index (χ0) is 17.7. The molecule has 0 bridgehead atoms. The first-order chi connectivity index (χ1) is 11.4. The van der Waals surface area contributed by atoms with Crippen LogP contribution in [-0.2, 0) is 10.5 Å². The summed E-state index contributed by atoms with van der Waals surface area (Å²) in [7, 11) is 0. The van der Waals surface area contributed by atoms with E-state index in [1.54, 1.807) is 0 Å². The first-order valence-corrected chi connectivity index (χ1v) is 9.89. The van der Waals surface area contributed by atoms with E-state index in [0.717, 1.165) is 28.4 Å². The normalized spacial score (nSPS) is 12.5. The highest BCUT2D eigenvalue weighted by Gasteiger charge is 2.15. The number of nitrogens with zero attached hydrogens (tertiary/aromatic N) is 1. The van der Waals surface area contributed by atoms with E-state index in [1.165, 1.54) is 23.1 Å². The largest absolute Gasteiger partial charge is 0.354 e. The van der Waals surface area contributed by atoms with Gasteiger partial charge in [0.05, 0.1) is 16.4 Å². The molecule has 0 fully saturated rings. The number of amides is 1. The van der Waals surface area contributed by atoms with Crippen LogP contribution < -0.4 is 16.2 Å². The molecular formula is C16H24N4O2S2. The Hall–Kier alpha value is -1.38. The average molecular weight is 369 g/mol. The Labute approximate surface area is 149 Å². The molecule has 1 unspecified atom stereocenters. The molecule has 132 valence electrons. The number of hydrogen-bond acceptors (Lipinski definition) is 6. The maximum absolute atomic E-state index is 12.2. The minimum absolute atomic E-state index is 0.00383. The fraction of sp³-hybridized carbons (Fsp3) is 0.562. The summed E-state index contributed by atoms with van der Waals surface area (Å²) in [6.07, 6.45) is 0. The highest BCUT2D eigenvalue weighted by atomic mass is 32.2. The zero-order valence-corrected chi connectivity index (χ0v) is 16.1. The van der Waals surface area contributed by atoms with Gasteiger partial charge >= 0.3 is 0 Å². The van der Waals surface area contributed by atoms with Crippen molar-refractivity contribution in [3.8, 4) is 0 Å². The fourth-order valence-electron chi connectivity index (χ4n) is 2.24. The molecule has 2 aromatic rings. The van der Waals surface area contributed by atoms with Crippen LogP contribution in [0.4, 0.5) is 0 Å². The number of carbonyl (C=O) groups excluding carboxylic acids is 1. The molecule has 2 aromatic heterocycles. The van der Waals surface area contributed by atoms with Crippen molar-refractivity contribution in [1.29, 1.82) is 0 Å². The third-order valence-corrected chi connectivity index (χ3v) is 6.03. The minimum Gasteiger partial charge on any atom is -0.354 e. The third-order valence-electron chi connectivity index (χ3n) is 3.78. The Morgan fingerprint density at radius 2 is 2.12 bits per heavy atom. The summed E-state index contributed by atoms with van der Waals surface area (Å²) in [5, 5.41) is 6.54. The van der Waals surface area contributed by atoms with Gasteiger partial charge in [-0.25, -0.2) is 4.98 Å². The van der Waals surface area contributed by atoms with E-state index in [4.69, 9.17) is 0 Å². The monoisotopic (exact) mass is 368 g/mol. The van der Waals surface area contributed by atoms with Crippen LogP contribution in [0.5, 0.6) is 0 Å². The number of hydrogen-bond donors (Lipinski definition) is 3. The van der Waals surface area contributed by atoms with Crippen LogP contribution in [0.25, 0.3) is 10.2 Å². The van der Waals surface area contributed by atoms with Crippen molar-refractivity contribution in [1.82, 2.24) is 20.6 Å². The number of fused-ring (bicyclic) bond motifs is 1. The number of aromatic amines is 1. The zero-order valence-electron chi connectivity index (χ0n) is 14.5. The molecule has 0 aliphatic carbocycles. The molecule has 6 nitrogen and oxygen atoms in total. The first kappa shape index (κ1) is 19.0. The van der Waals surface area contributed by atoms with Crippen LogP contribution in [0.1, 0.15) is 30.1 Å². The van der Waals surface area contributed by atoms with Gasteiger partial charge in [0, 0.05) is 18.0 Å². The molecule has 2 heterocycles. The second kappa shape index (κ2) is 8.64. The minimum atomic E-state index is -0.195. The molecule has 0 aliphatic heterocycles. The summed E-state index contributed by atoms with van der Waals surface area (Å²) >= 11 is 3.01. The van der Waals surface area contributed by atoms with Crippen molar-refractivity contribution in [2.75, 3.05) is 19.6 Å². The van der Waals surface area contributed by atoms with Crippen LogP contribution in [0.2, 0.25) is 0 Å². The van der Waals surface area contributed by atoms with Gasteiger partial charge in [0.2, 0.25) is 5.91 Å². The van der Waals surface area contributed by atoms with E-state index in [-0.39, 0.29) is 16.7 Å². The quantitative estimate of drug-likeness (QED) is 0.620. The standard InChI is InChI=1S/C16H24N4O2S2/c1-5-17-6-7-18-14(21)11(4)23-8-12-19-15(22)13-9(2)10(3)24-16(13)20-12/h11,17H,5-8H2,1-4H3,(H,18,21)(H,19,20,22). The van der Waals surface area contributed by atoms with Gasteiger partial charge < -0.3 is 15.6 Å². The van der Waals surface area contributed by atoms with Gasteiger partial charge in [-0.3, -0.25) is 9.59 Å². The predicted octanol–water partition coefficient (Wildman–Crippen LogP) is 1.95. The van der Waals surface area contributed by atoms with Gasteiger partial charge in [-0.05, 0) is 32.9 Å². The number of rotatable bonds is 8. The summed E-state index contributed by atoms with van der Waals surface area (Å²) in [4.78, 5) is 33.5.